The number of fused-ring (bicyclic) bond motifs is 1. The number of para-hydroxylation sites is 2. The van der Waals surface area contributed by atoms with E-state index in [1.807, 2.05) is 54.6 Å². The summed E-state index contributed by atoms with van der Waals surface area (Å²) in [5.74, 6) is -0.559. The highest BCUT2D eigenvalue weighted by molar-refractivity contribution is 6.30. The fourth-order valence-electron chi connectivity index (χ4n) is 3.11. The third-order valence-corrected chi connectivity index (χ3v) is 4.74. The van der Waals surface area contributed by atoms with Crippen LogP contribution < -0.4 is 5.32 Å². The summed E-state index contributed by atoms with van der Waals surface area (Å²) < 4.78 is 14.2. The zero-order valence-corrected chi connectivity index (χ0v) is 15.6. The summed E-state index contributed by atoms with van der Waals surface area (Å²) >= 11 is 5.79. The number of aromatic nitrogens is 2. The van der Waals surface area contributed by atoms with E-state index < -0.39 is 17.8 Å². The van der Waals surface area contributed by atoms with E-state index in [0.717, 1.165) is 22.7 Å². The van der Waals surface area contributed by atoms with Crippen molar-refractivity contribution in [3.05, 3.63) is 101 Å². The lowest BCUT2D eigenvalue weighted by molar-refractivity contribution is 0.0931. The summed E-state index contributed by atoms with van der Waals surface area (Å²) in [5.41, 5.74) is 2.66. The molecule has 1 heterocycles. The van der Waals surface area contributed by atoms with Crippen molar-refractivity contribution in [1.29, 1.82) is 0 Å². The molecule has 140 valence electrons. The molecular weight excluding hydrogens is 377 g/mol. The SMILES string of the molecule is O=C(N[C@H](Cc1ccccc1)c1nc2ccccc2[nH]1)c1ccc(Cl)cc1F. The summed E-state index contributed by atoms with van der Waals surface area (Å²) in [4.78, 5) is 20.6. The van der Waals surface area contributed by atoms with Crippen LogP contribution in [0.3, 0.4) is 0 Å². The van der Waals surface area contributed by atoms with Gasteiger partial charge in [0.25, 0.3) is 5.91 Å². The zero-order valence-electron chi connectivity index (χ0n) is 14.8. The van der Waals surface area contributed by atoms with Gasteiger partial charge in [0.2, 0.25) is 0 Å². The Balaban J connectivity index is 1.67. The highest BCUT2D eigenvalue weighted by Crippen LogP contribution is 2.21. The molecule has 0 aliphatic rings. The van der Waals surface area contributed by atoms with Crippen molar-refractivity contribution in [3.63, 3.8) is 0 Å². The first-order valence-corrected chi connectivity index (χ1v) is 9.22. The second-order valence-electron chi connectivity index (χ2n) is 6.48. The molecule has 3 aromatic carbocycles. The maximum Gasteiger partial charge on any atom is 0.254 e. The number of amides is 1. The number of H-pyrrole nitrogens is 1. The third kappa shape index (κ3) is 3.89. The van der Waals surface area contributed by atoms with E-state index >= 15 is 0 Å². The summed E-state index contributed by atoms with van der Waals surface area (Å²) in [7, 11) is 0. The summed E-state index contributed by atoms with van der Waals surface area (Å²) in [6.45, 7) is 0. The Morgan fingerprint density at radius 3 is 2.57 bits per heavy atom. The number of rotatable bonds is 5. The Morgan fingerprint density at radius 1 is 1.07 bits per heavy atom. The normalized spacial score (nSPS) is 12.1. The van der Waals surface area contributed by atoms with Gasteiger partial charge >= 0.3 is 0 Å². The molecule has 0 aliphatic carbocycles. The highest BCUT2D eigenvalue weighted by atomic mass is 35.5. The third-order valence-electron chi connectivity index (χ3n) is 4.50. The highest BCUT2D eigenvalue weighted by Gasteiger charge is 2.21. The van der Waals surface area contributed by atoms with Crippen molar-refractivity contribution in [2.75, 3.05) is 0 Å². The number of imidazole rings is 1. The Morgan fingerprint density at radius 2 is 1.82 bits per heavy atom. The van der Waals surface area contributed by atoms with Crippen molar-refractivity contribution in [1.82, 2.24) is 15.3 Å². The number of halogens is 2. The molecule has 0 spiro atoms. The smallest absolute Gasteiger partial charge is 0.254 e. The molecular formula is C22H17ClFN3O. The Labute approximate surface area is 166 Å². The van der Waals surface area contributed by atoms with Gasteiger partial charge in [0.05, 0.1) is 22.6 Å². The van der Waals surface area contributed by atoms with Crippen LogP contribution in [0.4, 0.5) is 4.39 Å². The van der Waals surface area contributed by atoms with Gasteiger partial charge in [0.15, 0.2) is 0 Å². The molecule has 1 aromatic heterocycles. The number of aromatic amines is 1. The number of benzene rings is 3. The molecule has 4 rings (SSSR count). The minimum absolute atomic E-state index is 0.0569. The van der Waals surface area contributed by atoms with E-state index in [4.69, 9.17) is 11.6 Å². The largest absolute Gasteiger partial charge is 0.342 e. The molecule has 1 atom stereocenters. The molecule has 2 N–H and O–H groups in total. The van der Waals surface area contributed by atoms with Crippen LogP contribution in [0.25, 0.3) is 11.0 Å². The van der Waals surface area contributed by atoms with Gasteiger partial charge in [-0.1, -0.05) is 54.1 Å². The molecule has 4 nitrogen and oxygen atoms in total. The van der Waals surface area contributed by atoms with E-state index in [1.54, 1.807) is 0 Å². The van der Waals surface area contributed by atoms with E-state index in [1.165, 1.54) is 12.1 Å². The fraction of sp³-hybridized carbons (Fsp3) is 0.0909. The molecule has 6 heteroatoms. The van der Waals surface area contributed by atoms with Crippen LogP contribution in [-0.4, -0.2) is 15.9 Å². The molecule has 28 heavy (non-hydrogen) atoms. The lowest BCUT2D eigenvalue weighted by Crippen LogP contribution is -2.31. The Kier molecular flexibility index (Phi) is 5.08. The minimum Gasteiger partial charge on any atom is -0.342 e. The Bertz CT molecular complexity index is 1090. The average Bonchev–Trinajstić information content (AvgIpc) is 3.12. The van der Waals surface area contributed by atoms with Crippen LogP contribution in [0.5, 0.6) is 0 Å². The standard InChI is InChI=1S/C22H17ClFN3O/c23-15-10-11-16(17(24)13-15)22(28)27-20(12-14-6-2-1-3-7-14)21-25-18-8-4-5-9-19(18)26-21/h1-11,13,20H,12H2,(H,25,26)(H,27,28)/t20-/m1/s1. The van der Waals surface area contributed by atoms with Crippen LogP contribution in [0.15, 0.2) is 72.8 Å². The second kappa shape index (κ2) is 7.82. The maximum absolute atomic E-state index is 14.2. The van der Waals surface area contributed by atoms with Gasteiger partial charge < -0.3 is 10.3 Å². The minimum atomic E-state index is -0.659. The molecule has 0 saturated carbocycles. The lowest BCUT2D eigenvalue weighted by atomic mass is 10.0. The van der Waals surface area contributed by atoms with Crippen molar-refractivity contribution in [2.24, 2.45) is 0 Å². The van der Waals surface area contributed by atoms with Crippen molar-refractivity contribution < 1.29 is 9.18 Å². The Hall–Kier alpha value is -3.18. The quantitative estimate of drug-likeness (QED) is 0.497. The number of hydrogen-bond donors (Lipinski definition) is 2. The average molecular weight is 394 g/mol. The van der Waals surface area contributed by atoms with Crippen LogP contribution >= 0.6 is 11.6 Å². The van der Waals surface area contributed by atoms with Gasteiger partial charge in [-0.25, -0.2) is 9.37 Å². The monoisotopic (exact) mass is 393 g/mol. The van der Waals surface area contributed by atoms with Gasteiger partial charge in [0, 0.05) is 5.02 Å². The van der Waals surface area contributed by atoms with Crippen LogP contribution in [0, 0.1) is 5.82 Å². The number of hydrogen-bond acceptors (Lipinski definition) is 2. The molecule has 0 saturated heterocycles. The van der Waals surface area contributed by atoms with Gasteiger partial charge in [-0.3, -0.25) is 4.79 Å². The van der Waals surface area contributed by atoms with Crippen molar-refractivity contribution in [3.8, 4) is 0 Å². The molecule has 0 radical (unpaired) electrons. The van der Waals surface area contributed by atoms with Gasteiger partial charge in [-0.15, -0.1) is 0 Å². The molecule has 4 aromatic rings. The van der Waals surface area contributed by atoms with E-state index in [2.05, 4.69) is 15.3 Å². The molecule has 0 fully saturated rings. The topological polar surface area (TPSA) is 57.8 Å². The number of carbonyl (C=O) groups is 1. The van der Waals surface area contributed by atoms with Crippen LogP contribution in [0.2, 0.25) is 5.02 Å². The van der Waals surface area contributed by atoms with Crippen LogP contribution in [-0.2, 0) is 6.42 Å². The zero-order chi connectivity index (χ0) is 19.5. The van der Waals surface area contributed by atoms with E-state index in [0.29, 0.717) is 12.2 Å². The molecule has 1 amide bonds. The van der Waals surface area contributed by atoms with Gasteiger partial charge in [-0.05, 0) is 42.3 Å². The van der Waals surface area contributed by atoms with Gasteiger partial charge in [0.1, 0.15) is 11.6 Å². The van der Waals surface area contributed by atoms with Crippen molar-refractivity contribution >= 4 is 28.5 Å². The van der Waals surface area contributed by atoms with Crippen molar-refractivity contribution in [2.45, 2.75) is 12.5 Å². The number of nitrogens with zero attached hydrogens (tertiary/aromatic N) is 1. The van der Waals surface area contributed by atoms with Gasteiger partial charge in [-0.2, -0.15) is 0 Å². The summed E-state index contributed by atoms with van der Waals surface area (Å²) in [5, 5.41) is 3.15. The number of carbonyl (C=O) groups excluding carboxylic acids is 1. The maximum atomic E-state index is 14.2. The molecule has 0 aliphatic heterocycles. The van der Waals surface area contributed by atoms with E-state index in [9.17, 15) is 9.18 Å². The first kappa shape index (κ1) is 18.2. The summed E-state index contributed by atoms with van der Waals surface area (Å²) in [6.07, 6.45) is 0.515. The fourth-order valence-corrected chi connectivity index (χ4v) is 3.27. The second-order valence-corrected chi connectivity index (χ2v) is 6.92. The molecule has 0 unspecified atom stereocenters. The molecule has 0 bridgehead atoms. The van der Waals surface area contributed by atoms with Crippen LogP contribution in [0.1, 0.15) is 27.8 Å². The number of nitrogens with one attached hydrogen (secondary N) is 2. The first-order valence-electron chi connectivity index (χ1n) is 8.84. The predicted molar refractivity (Wildman–Crippen MR) is 108 cm³/mol. The first-order chi connectivity index (χ1) is 13.6. The predicted octanol–water partition coefficient (Wildman–Crippen LogP) is 5.07. The summed E-state index contributed by atoms with van der Waals surface area (Å²) in [6, 6.07) is 21.0. The van der Waals surface area contributed by atoms with E-state index in [-0.39, 0.29) is 10.6 Å². The lowest BCUT2D eigenvalue weighted by Gasteiger charge is -2.17.